The number of halogens is 2. The number of aryl methyl sites for hydroxylation is 1. The van der Waals surface area contributed by atoms with Gasteiger partial charge in [-0.25, -0.2) is 0 Å². The molecule has 0 bridgehead atoms. The average Bonchev–Trinajstić information content (AvgIpc) is 2.91. The summed E-state index contributed by atoms with van der Waals surface area (Å²) in [6.07, 6.45) is 0. The predicted molar refractivity (Wildman–Crippen MR) is 82.4 cm³/mol. The third-order valence-electron chi connectivity index (χ3n) is 2.78. The van der Waals surface area contributed by atoms with E-state index in [1.807, 2.05) is 36.6 Å². The van der Waals surface area contributed by atoms with Crippen LogP contribution in [0.2, 0.25) is 5.02 Å². The Kier molecular flexibility index (Phi) is 4.86. The molecule has 0 saturated heterocycles. The largest absolute Gasteiger partial charge is 0.306 e. The second-order valence-corrected chi connectivity index (χ2v) is 5.83. The summed E-state index contributed by atoms with van der Waals surface area (Å²) in [7, 11) is 0. The summed E-state index contributed by atoms with van der Waals surface area (Å²) in [5.41, 5.74) is 1.76. The molecular formula is C14H13Cl2NOS. The second kappa shape index (κ2) is 6.42. The van der Waals surface area contributed by atoms with Gasteiger partial charge in [-0.05, 0) is 36.1 Å². The lowest BCUT2D eigenvalue weighted by Gasteiger charge is -2.22. The van der Waals surface area contributed by atoms with E-state index in [4.69, 9.17) is 23.2 Å². The highest BCUT2D eigenvalue weighted by Gasteiger charge is 2.16. The number of carbonyl (C=O) groups excluding carboxylic acids is 1. The summed E-state index contributed by atoms with van der Waals surface area (Å²) in [6, 6.07) is 9.55. The Bertz CT molecular complexity index is 569. The fraction of sp³-hybridized carbons (Fsp3) is 0.214. The van der Waals surface area contributed by atoms with Crippen molar-refractivity contribution in [2.24, 2.45) is 0 Å². The van der Waals surface area contributed by atoms with E-state index in [1.165, 1.54) is 0 Å². The number of hydrogen-bond donors (Lipinski definition) is 0. The molecule has 2 aromatic rings. The SMILES string of the molecule is Cc1ccc(N(Cc2cccs2)C(=O)CCl)cc1Cl. The second-order valence-electron chi connectivity index (χ2n) is 4.13. The number of benzene rings is 1. The highest BCUT2D eigenvalue weighted by atomic mass is 35.5. The molecule has 0 aliphatic carbocycles. The predicted octanol–water partition coefficient (Wildman–Crippen LogP) is 4.48. The molecule has 0 fully saturated rings. The van der Waals surface area contributed by atoms with Gasteiger partial charge >= 0.3 is 0 Å². The van der Waals surface area contributed by atoms with Crippen molar-refractivity contribution in [1.29, 1.82) is 0 Å². The molecule has 1 heterocycles. The average molecular weight is 314 g/mol. The van der Waals surface area contributed by atoms with Gasteiger partial charge in [0.15, 0.2) is 0 Å². The lowest BCUT2D eigenvalue weighted by molar-refractivity contribution is -0.116. The molecule has 0 atom stereocenters. The van der Waals surface area contributed by atoms with Gasteiger partial charge in [-0.1, -0.05) is 23.7 Å². The first-order valence-corrected chi connectivity index (χ1v) is 7.56. The lowest BCUT2D eigenvalue weighted by atomic mass is 10.2. The van der Waals surface area contributed by atoms with Crippen molar-refractivity contribution in [2.75, 3.05) is 10.8 Å². The first-order valence-electron chi connectivity index (χ1n) is 5.76. The number of nitrogens with zero attached hydrogens (tertiary/aromatic N) is 1. The first kappa shape index (κ1) is 14.4. The summed E-state index contributed by atoms with van der Waals surface area (Å²) in [6.45, 7) is 2.45. The van der Waals surface area contributed by atoms with Gasteiger partial charge in [0.1, 0.15) is 5.88 Å². The van der Waals surface area contributed by atoms with Crippen LogP contribution in [0.4, 0.5) is 5.69 Å². The molecule has 0 saturated carbocycles. The number of alkyl halides is 1. The zero-order valence-electron chi connectivity index (χ0n) is 10.4. The number of thiophene rings is 1. The minimum absolute atomic E-state index is 0.0448. The van der Waals surface area contributed by atoms with E-state index in [9.17, 15) is 4.79 Å². The fourth-order valence-corrected chi connectivity index (χ4v) is 2.72. The minimum Gasteiger partial charge on any atom is -0.306 e. The van der Waals surface area contributed by atoms with Crippen molar-refractivity contribution in [2.45, 2.75) is 13.5 Å². The van der Waals surface area contributed by atoms with Crippen molar-refractivity contribution in [3.63, 3.8) is 0 Å². The zero-order chi connectivity index (χ0) is 13.8. The van der Waals surface area contributed by atoms with Crippen molar-refractivity contribution in [3.8, 4) is 0 Å². The van der Waals surface area contributed by atoms with E-state index in [1.54, 1.807) is 22.3 Å². The highest BCUT2D eigenvalue weighted by Crippen LogP contribution is 2.25. The molecule has 1 aromatic heterocycles. The minimum atomic E-state index is -0.130. The smallest absolute Gasteiger partial charge is 0.242 e. The maximum atomic E-state index is 12.0. The van der Waals surface area contributed by atoms with Crippen LogP contribution in [0, 0.1) is 6.92 Å². The van der Waals surface area contributed by atoms with E-state index < -0.39 is 0 Å². The van der Waals surface area contributed by atoms with E-state index in [0.717, 1.165) is 16.1 Å². The summed E-state index contributed by atoms with van der Waals surface area (Å²) < 4.78 is 0. The molecule has 0 aliphatic heterocycles. The monoisotopic (exact) mass is 313 g/mol. The first-order chi connectivity index (χ1) is 9.11. The molecule has 0 unspecified atom stereocenters. The maximum Gasteiger partial charge on any atom is 0.242 e. The van der Waals surface area contributed by atoms with Gasteiger partial charge in [-0.15, -0.1) is 22.9 Å². The number of hydrogen-bond acceptors (Lipinski definition) is 2. The van der Waals surface area contributed by atoms with Crippen LogP contribution in [0.5, 0.6) is 0 Å². The van der Waals surface area contributed by atoms with Gasteiger partial charge in [-0.3, -0.25) is 4.79 Å². The number of carbonyl (C=O) groups is 1. The van der Waals surface area contributed by atoms with E-state index in [2.05, 4.69) is 0 Å². The van der Waals surface area contributed by atoms with E-state index in [-0.39, 0.29) is 11.8 Å². The van der Waals surface area contributed by atoms with Crippen molar-refractivity contribution in [3.05, 3.63) is 51.2 Å². The topological polar surface area (TPSA) is 20.3 Å². The van der Waals surface area contributed by atoms with Crippen LogP contribution in [-0.2, 0) is 11.3 Å². The highest BCUT2D eigenvalue weighted by molar-refractivity contribution is 7.09. The Balaban J connectivity index is 2.31. The summed E-state index contributed by atoms with van der Waals surface area (Å²) in [5, 5.41) is 2.64. The van der Waals surface area contributed by atoms with Gasteiger partial charge in [0, 0.05) is 15.6 Å². The molecule has 0 spiro atoms. The van der Waals surface area contributed by atoms with E-state index >= 15 is 0 Å². The molecule has 100 valence electrons. The van der Waals surface area contributed by atoms with Crippen molar-refractivity contribution >= 4 is 46.1 Å². The van der Waals surface area contributed by atoms with Crippen LogP contribution in [0.3, 0.4) is 0 Å². The molecule has 5 heteroatoms. The normalized spacial score (nSPS) is 10.5. The Morgan fingerprint density at radius 3 is 2.74 bits per heavy atom. The number of amides is 1. The molecule has 0 N–H and O–H groups in total. The fourth-order valence-electron chi connectivity index (χ4n) is 1.70. The Labute approximate surface area is 126 Å². The summed E-state index contributed by atoms with van der Waals surface area (Å²) in [4.78, 5) is 14.8. The van der Waals surface area contributed by atoms with Gasteiger partial charge in [0.25, 0.3) is 0 Å². The Morgan fingerprint density at radius 2 is 2.16 bits per heavy atom. The quantitative estimate of drug-likeness (QED) is 0.762. The zero-order valence-corrected chi connectivity index (χ0v) is 12.7. The van der Waals surface area contributed by atoms with Gasteiger partial charge in [0.05, 0.1) is 6.54 Å². The lowest BCUT2D eigenvalue weighted by Crippen LogP contribution is -2.31. The van der Waals surface area contributed by atoms with Crippen LogP contribution >= 0.6 is 34.5 Å². The molecule has 1 amide bonds. The van der Waals surface area contributed by atoms with Crippen molar-refractivity contribution in [1.82, 2.24) is 0 Å². The maximum absolute atomic E-state index is 12.0. The van der Waals surface area contributed by atoms with Gasteiger partial charge < -0.3 is 4.90 Å². The molecule has 19 heavy (non-hydrogen) atoms. The van der Waals surface area contributed by atoms with Gasteiger partial charge in [0.2, 0.25) is 5.91 Å². The van der Waals surface area contributed by atoms with Crippen LogP contribution in [0.15, 0.2) is 35.7 Å². The van der Waals surface area contributed by atoms with Crippen LogP contribution in [0.1, 0.15) is 10.4 Å². The Morgan fingerprint density at radius 1 is 1.37 bits per heavy atom. The standard InChI is InChI=1S/C14H13Cl2NOS/c1-10-4-5-11(7-13(10)16)17(14(18)8-15)9-12-3-2-6-19-12/h2-7H,8-9H2,1H3. The summed E-state index contributed by atoms with van der Waals surface area (Å²) >= 11 is 13.4. The Hall–Kier alpha value is -1.03. The van der Waals surface area contributed by atoms with Crippen LogP contribution < -0.4 is 4.90 Å². The van der Waals surface area contributed by atoms with Gasteiger partial charge in [-0.2, -0.15) is 0 Å². The molecule has 2 nitrogen and oxygen atoms in total. The number of anilines is 1. The van der Waals surface area contributed by atoms with Crippen LogP contribution in [-0.4, -0.2) is 11.8 Å². The molecule has 1 aromatic carbocycles. The molecule has 0 aliphatic rings. The number of rotatable bonds is 4. The van der Waals surface area contributed by atoms with Crippen LogP contribution in [0.25, 0.3) is 0 Å². The third kappa shape index (κ3) is 3.50. The molecule has 0 radical (unpaired) electrons. The summed E-state index contributed by atoms with van der Waals surface area (Å²) in [5.74, 6) is -0.174. The third-order valence-corrected chi connectivity index (χ3v) is 4.27. The van der Waals surface area contributed by atoms with Crippen molar-refractivity contribution < 1.29 is 4.79 Å². The molecular weight excluding hydrogens is 301 g/mol. The molecule has 2 rings (SSSR count). The van der Waals surface area contributed by atoms with E-state index in [0.29, 0.717) is 11.6 Å².